The van der Waals surface area contributed by atoms with Gasteiger partial charge in [-0.2, -0.15) is 0 Å². The first-order valence-electron chi connectivity index (χ1n) is 7.31. The highest BCUT2D eigenvalue weighted by Crippen LogP contribution is 2.22. The SMILES string of the molecule is CN(C)C[C@]1(O)CCN(C(=O)CCOc2ccccc2)C1. The Morgan fingerprint density at radius 2 is 2.10 bits per heavy atom. The number of nitrogens with zero attached hydrogens (tertiary/aromatic N) is 2. The minimum absolute atomic E-state index is 0.0422. The van der Waals surface area contributed by atoms with Crippen LogP contribution in [0, 0.1) is 0 Å². The number of rotatable bonds is 6. The number of amides is 1. The second-order valence-electron chi connectivity index (χ2n) is 5.94. The third kappa shape index (κ3) is 4.72. The van der Waals surface area contributed by atoms with Crippen LogP contribution < -0.4 is 4.74 Å². The predicted molar refractivity (Wildman–Crippen MR) is 81.3 cm³/mol. The Balaban J connectivity index is 1.74. The molecule has 5 nitrogen and oxygen atoms in total. The number of hydrogen-bond donors (Lipinski definition) is 1. The number of para-hydroxylation sites is 1. The summed E-state index contributed by atoms with van der Waals surface area (Å²) in [6.07, 6.45) is 0.976. The van der Waals surface area contributed by atoms with Crippen molar-refractivity contribution in [3.05, 3.63) is 30.3 Å². The summed E-state index contributed by atoms with van der Waals surface area (Å²) in [6.45, 7) is 1.98. The Kier molecular flexibility index (Phi) is 5.20. The Labute approximate surface area is 126 Å². The van der Waals surface area contributed by atoms with Gasteiger partial charge in [-0.25, -0.2) is 0 Å². The molecule has 0 saturated carbocycles. The highest BCUT2D eigenvalue weighted by molar-refractivity contribution is 5.76. The minimum atomic E-state index is -0.778. The Morgan fingerprint density at radius 1 is 1.38 bits per heavy atom. The first-order valence-corrected chi connectivity index (χ1v) is 7.31. The molecule has 1 N–H and O–H groups in total. The van der Waals surface area contributed by atoms with Crippen molar-refractivity contribution in [3.8, 4) is 5.75 Å². The maximum atomic E-state index is 12.1. The summed E-state index contributed by atoms with van der Waals surface area (Å²) in [7, 11) is 3.85. The molecule has 0 spiro atoms. The van der Waals surface area contributed by atoms with Gasteiger partial charge in [-0.05, 0) is 32.6 Å². The van der Waals surface area contributed by atoms with Crippen LogP contribution in [-0.2, 0) is 4.79 Å². The van der Waals surface area contributed by atoms with Gasteiger partial charge in [-0.15, -0.1) is 0 Å². The van der Waals surface area contributed by atoms with Gasteiger partial charge in [-0.1, -0.05) is 18.2 Å². The van der Waals surface area contributed by atoms with Gasteiger partial charge in [0, 0.05) is 13.1 Å². The Hall–Kier alpha value is -1.59. The predicted octanol–water partition coefficient (Wildman–Crippen LogP) is 0.980. The molecule has 1 aliphatic heterocycles. The first-order chi connectivity index (χ1) is 9.98. The number of hydrogen-bond acceptors (Lipinski definition) is 4. The van der Waals surface area contributed by atoms with Crippen LogP contribution in [0.1, 0.15) is 12.8 Å². The van der Waals surface area contributed by atoms with Gasteiger partial charge in [0.1, 0.15) is 5.75 Å². The first kappa shape index (κ1) is 15.8. The van der Waals surface area contributed by atoms with E-state index >= 15 is 0 Å². The molecule has 1 saturated heterocycles. The summed E-state index contributed by atoms with van der Waals surface area (Å²) >= 11 is 0. The highest BCUT2D eigenvalue weighted by Gasteiger charge is 2.38. The van der Waals surface area contributed by atoms with Crippen LogP contribution >= 0.6 is 0 Å². The van der Waals surface area contributed by atoms with E-state index in [0.29, 0.717) is 39.1 Å². The van der Waals surface area contributed by atoms with E-state index < -0.39 is 5.60 Å². The van der Waals surface area contributed by atoms with Crippen molar-refractivity contribution in [1.82, 2.24) is 9.80 Å². The van der Waals surface area contributed by atoms with Gasteiger partial charge in [0.25, 0.3) is 0 Å². The van der Waals surface area contributed by atoms with Crippen molar-refractivity contribution in [2.24, 2.45) is 0 Å². The maximum absolute atomic E-state index is 12.1. The molecule has 1 fully saturated rings. The quantitative estimate of drug-likeness (QED) is 0.849. The summed E-state index contributed by atoms with van der Waals surface area (Å²) in [5.74, 6) is 0.816. The molecule has 116 valence electrons. The van der Waals surface area contributed by atoms with Crippen LogP contribution in [0.15, 0.2) is 30.3 Å². The number of ether oxygens (including phenoxy) is 1. The molecule has 1 aromatic rings. The number of β-amino-alcohol motifs (C(OH)–C–C–N with tert-alkyl or cyclic N) is 1. The van der Waals surface area contributed by atoms with Gasteiger partial charge in [0.2, 0.25) is 5.91 Å². The molecular weight excluding hydrogens is 268 g/mol. The summed E-state index contributed by atoms with van der Waals surface area (Å²) < 4.78 is 5.53. The summed E-state index contributed by atoms with van der Waals surface area (Å²) in [6, 6.07) is 9.47. The lowest BCUT2D eigenvalue weighted by molar-refractivity contribution is -0.131. The lowest BCUT2D eigenvalue weighted by Gasteiger charge is -2.26. The largest absolute Gasteiger partial charge is 0.493 e. The van der Waals surface area contributed by atoms with Crippen LogP contribution in [0.25, 0.3) is 0 Å². The fourth-order valence-corrected chi connectivity index (χ4v) is 2.72. The molecule has 1 amide bonds. The molecule has 1 heterocycles. The molecule has 0 aliphatic carbocycles. The molecule has 1 aliphatic rings. The van der Waals surface area contributed by atoms with E-state index in [-0.39, 0.29) is 5.91 Å². The number of benzene rings is 1. The lowest BCUT2D eigenvalue weighted by atomic mass is 10.0. The molecule has 21 heavy (non-hydrogen) atoms. The van der Waals surface area contributed by atoms with Crippen LogP contribution in [0.5, 0.6) is 5.75 Å². The molecular formula is C16H24N2O3. The zero-order valence-electron chi connectivity index (χ0n) is 12.8. The lowest BCUT2D eigenvalue weighted by Crippen LogP contribution is -2.43. The normalized spacial score (nSPS) is 21.8. The molecule has 0 unspecified atom stereocenters. The average Bonchev–Trinajstić information content (AvgIpc) is 2.81. The fraction of sp³-hybridized carbons (Fsp3) is 0.562. The smallest absolute Gasteiger partial charge is 0.226 e. The third-order valence-corrected chi connectivity index (χ3v) is 3.62. The monoisotopic (exact) mass is 292 g/mol. The second kappa shape index (κ2) is 6.91. The average molecular weight is 292 g/mol. The van der Waals surface area contributed by atoms with Gasteiger partial charge in [0.05, 0.1) is 25.2 Å². The molecule has 1 atom stereocenters. The fourth-order valence-electron chi connectivity index (χ4n) is 2.72. The summed E-state index contributed by atoms with van der Waals surface area (Å²) in [4.78, 5) is 15.8. The van der Waals surface area contributed by atoms with Gasteiger partial charge in [0.15, 0.2) is 0 Å². The highest BCUT2D eigenvalue weighted by atomic mass is 16.5. The number of aliphatic hydroxyl groups is 1. The van der Waals surface area contributed by atoms with Crippen molar-refractivity contribution in [3.63, 3.8) is 0 Å². The van der Waals surface area contributed by atoms with E-state index in [2.05, 4.69) is 0 Å². The molecule has 5 heteroatoms. The van der Waals surface area contributed by atoms with Crippen LogP contribution in [-0.4, -0.2) is 66.8 Å². The number of carbonyl (C=O) groups excluding carboxylic acids is 1. The van der Waals surface area contributed by atoms with Crippen LogP contribution in [0.3, 0.4) is 0 Å². The number of carbonyl (C=O) groups is 1. The topological polar surface area (TPSA) is 53.0 Å². The van der Waals surface area contributed by atoms with E-state index in [1.807, 2.05) is 49.3 Å². The molecule has 0 bridgehead atoms. The van der Waals surface area contributed by atoms with Gasteiger partial charge < -0.3 is 19.6 Å². The zero-order chi connectivity index (χ0) is 15.3. The third-order valence-electron chi connectivity index (χ3n) is 3.62. The van der Waals surface area contributed by atoms with E-state index in [1.54, 1.807) is 4.90 Å². The molecule has 1 aromatic carbocycles. The van der Waals surface area contributed by atoms with Crippen molar-refractivity contribution < 1.29 is 14.6 Å². The van der Waals surface area contributed by atoms with Gasteiger partial charge >= 0.3 is 0 Å². The standard InChI is InChI=1S/C16H24N2O3/c1-17(2)12-16(20)9-10-18(13-16)15(19)8-11-21-14-6-4-3-5-7-14/h3-7,20H,8-13H2,1-2H3/t16-/m1/s1. The molecule has 0 aromatic heterocycles. The Bertz CT molecular complexity index is 464. The van der Waals surface area contributed by atoms with Crippen molar-refractivity contribution >= 4 is 5.91 Å². The zero-order valence-corrected chi connectivity index (χ0v) is 12.8. The number of likely N-dealkylation sites (N-methyl/N-ethyl adjacent to an activating group) is 1. The van der Waals surface area contributed by atoms with Crippen molar-refractivity contribution in [2.75, 3.05) is 40.3 Å². The van der Waals surface area contributed by atoms with Crippen molar-refractivity contribution in [1.29, 1.82) is 0 Å². The van der Waals surface area contributed by atoms with E-state index in [0.717, 1.165) is 5.75 Å². The number of likely N-dealkylation sites (tertiary alicyclic amines) is 1. The van der Waals surface area contributed by atoms with Gasteiger partial charge in [-0.3, -0.25) is 4.79 Å². The second-order valence-corrected chi connectivity index (χ2v) is 5.94. The Morgan fingerprint density at radius 3 is 2.76 bits per heavy atom. The van der Waals surface area contributed by atoms with E-state index in [1.165, 1.54) is 0 Å². The van der Waals surface area contributed by atoms with Crippen LogP contribution in [0.4, 0.5) is 0 Å². The van der Waals surface area contributed by atoms with Crippen LogP contribution in [0.2, 0.25) is 0 Å². The summed E-state index contributed by atoms with van der Waals surface area (Å²) in [5, 5.41) is 10.4. The molecule has 0 radical (unpaired) electrons. The maximum Gasteiger partial charge on any atom is 0.226 e. The van der Waals surface area contributed by atoms with Crippen molar-refractivity contribution in [2.45, 2.75) is 18.4 Å². The molecule has 2 rings (SSSR count). The van der Waals surface area contributed by atoms with E-state index in [4.69, 9.17) is 4.74 Å². The minimum Gasteiger partial charge on any atom is -0.493 e. The van der Waals surface area contributed by atoms with E-state index in [9.17, 15) is 9.90 Å². The summed E-state index contributed by atoms with van der Waals surface area (Å²) in [5.41, 5.74) is -0.778.